The van der Waals surface area contributed by atoms with Crippen molar-refractivity contribution in [2.24, 2.45) is 0 Å². The van der Waals surface area contributed by atoms with Crippen molar-refractivity contribution in [2.75, 3.05) is 13.2 Å². The van der Waals surface area contributed by atoms with E-state index in [2.05, 4.69) is 0 Å². The zero-order valence-corrected chi connectivity index (χ0v) is 19.7. The molecule has 1 N–H and O–H groups in total. The van der Waals surface area contributed by atoms with Gasteiger partial charge in [0.2, 0.25) is 0 Å². The lowest BCUT2D eigenvalue weighted by molar-refractivity contribution is -0.169. The van der Waals surface area contributed by atoms with Gasteiger partial charge in [-0.15, -0.1) is 0 Å². The van der Waals surface area contributed by atoms with Crippen LogP contribution in [0.15, 0.2) is 60.7 Å². The quantitative estimate of drug-likeness (QED) is 0.396. The summed E-state index contributed by atoms with van der Waals surface area (Å²) in [4.78, 5) is 27.3. The van der Waals surface area contributed by atoms with Crippen molar-refractivity contribution >= 4 is 11.9 Å². The molecule has 12 heteroatoms. The standard InChI is InChI=1S/C27H18F7NO4/c28-21-9-14(5-8-20(21)27(32,33)34)11-35-23(36)17-7-6-15(16-3-1-2-4-19(16)26(29,30)31)10-18(17)22(24(37)38)25(35)12-39-13-25/h1-10,22H,11-13H2,(H,37,38). The molecule has 0 aromatic heterocycles. The highest BCUT2D eigenvalue weighted by atomic mass is 19.4. The van der Waals surface area contributed by atoms with Crippen molar-refractivity contribution in [2.45, 2.75) is 30.4 Å². The maximum absolute atomic E-state index is 14.2. The molecule has 5 rings (SSSR count). The predicted octanol–water partition coefficient (Wildman–Crippen LogP) is 6.12. The van der Waals surface area contributed by atoms with Crippen LogP contribution >= 0.6 is 0 Å². The summed E-state index contributed by atoms with van der Waals surface area (Å²) in [6, 6.07) is 10.6. The highest BCUT2D eigenvalue weighted by molar-refractivity contribution is 6.02. The molecule has 1 atom stereocenters. The number of benzene rings is 3. The van der Waals surface area contributed by atoms with Crippen LogP contribution in [0.4, 0.5) is 30.7 Å². The summed E-state index contributed by atoms with van der Waals surface area (Å²) in [5.74, 6) is -5.07. The first-order valence-corrected chi connectivity index (χ1v) is 11.5. The fraction of sp³-hybridized carbons (Fsp3) is 0.259. The zero-order valence-electron chi connectivity index (χ0n) is 19.7. The number of fused-ring (bicyclic) bond motifs is 1. The molecular formula is C27H18F7NO4. The van der Waals surface area contributed by atoms with Gasteiger partial charge < -0.3 is 14.7 Å². The summed E-state index contributed by atoms with van der Waals surface area (Å²) in [7, 11) is 0. The molecule has 1 fully saturated rings. The highest BCUT2D eigenvalue weighted by Gasteiger charge is 2.59. The van der Waals surface area contributed by atoms with Crippen molar-refractivity contribution in [3.63, 3.8) is 0 Å². The number of carbonyl (C=O) groups is 2. The summed E-state index contributed by atoms with van der Waals surface area (Å²) in [5.41, 5.74) is -4.19. The van der Waals surface area contributed by atoms with Crippen LogP contribution in [-0.4, -0.2) is 40.6 Å². The number of ether oxygens (including phenoxy) is 1. The van der Waals surface area contributed by atoms with Crippen LogP contribution in [0, 0.1) is 5.82 Å². The molecule has 5 nitrogen and oxygen atoms in total. The Kier molecular flexibility index (Phi) is 6.21. The van der Waals surface area contributed by atoms with Gasteiger partial charge in [-0.25, -0.2) is 4.39 Å². The third-order valence-electron chi connectivity index (χ3n) is 7.09. The Morgan fingerprint density at radius 2 is 1.59 bits per heavy atom. The van der Waals surface area contributed by atoms with Gasteiger partial charge in [-0.1, -0.05) is 30.3 Å². The third kappa shape index (κ3) is 4.42. The number of carbonyl (C=O) groups excluding carboxylic acids is 1. The maximum Gasteiger partial charge on any atom is 0.419 e. The summed E-state index contributed by atoms with van der Waals surface area (Å²) in [5, 5.41) is 10.2. The number of carboxylic acid groups (broad SMARTS) is 1. The molecule has 1 unspecified atom stereocenters. The number of nitrogens with zero attached hydrogens (tertiary/aromatic N) is 1. The van der Waals surface area contributed by atoms with Gasteiger partial charge in [-0.3, -0.25) is 9.59 Å². The molecule has 2 aliphatic heterocycles. The largest absolute Gasteiger partial charge is 0.481 e. The number of rotatable bonds is 4. The van der Waals surface area contributed by atoms with Gasteiger partial charge in [-0.05, 0) is 52.6 Å². The first-order chi connectivity index (χ1) is 18.2. The van der Waals surface area contributed by atoms with Gasteiger partial charge in [0.15, 0.2) is 0 Å². The number of amides is 1. The van der Waals surface area contributed by atoms with E-state index >= 15 is 0 Å². The van der Waals surface area contributed by atoms with E-state index in [1.807, 2.05) is 0 Å². The lowest BCUT2D eigenvalue weighted by Gasteiger charge is -2.55. The summed E-state index contributed by atoms with van der Waals surface area (Å²) >= 11 is 0. The fourth-order valence-corrected chi connectivity index (χ4v) is 5.23. The first-order valence-electron chi connectivity index (χ1n) is 11.5. The van der Waals surface area contributed by atoms with Crippen LogP contribution in [0.3, 0.4) is 0 Å². The van der Waals surface area contributed by atoms with Gasteiger partial charge in [0.25, 0.3) is 5.91 Å². The third-order valence-corrected chi connectivity index (χ3v) is 7.09. The smallest absolute Gasteiger partial charge is 0.419 e. The van der Waals surface area contributed by atoms with Gasteiger partial charge in [0, 0.05) is 12.1 Å². The number of hydrogen-bond donors (Lipinski definition) is 1. The molecule has 2 aliphatic rings. The van der Waals surface area contributed by atoms with Crippen molar-refractivity contribution in [1.29, 1.82) is 0 Å². The van der Waals surface area contributed by atoms with Crippen molar-refractivity contribution in [1.82, 2.24) is 4.90 Å². The number of halogens is 7. The number of aliphatic carboxylic acids is 1. The molecule has 0 radical (unpaired) electrons. The van der Waals surface area contributed by atoms with Gasteiger partial charge in [0.05, 0.1) is 24.3 Å². The molecule has 2 heterocycles. The molecule has 3 aromatic rings. The molecular weight excluding hydrogens is 535 g/mol. The Morgan fingerprint density at radius 3 is 2.15 bits per heavy atom. The monoisotopic (exact) mass is 553 g/mol. The summed E-state index contributed by atoms with van der Waals surface area (Å²) in [6.07, 6.45) is -9.62. The Hall–Kier alpha value is -3.93. The summed E-state index contributed by atoms with van der Waals surface area (Å²) in [6.45, 7) is -0.914. The van der Waals surface area contributed by atoms with E-state index in [9.17, 15) is 45.4 Å². The van der Waals surface area contributed by atoms with Crippen LogP contribution in [0.25, 0.3) is 11.1 Å². The summed E-state index contributed by atoms with van der Waals surface area (Å²) < 4.78 is 99.4. The second-order valence-corrected chi connectivity index (χ2v) is 9.42. The van der Waals surface area contributed by atoms with E-state index in [-0.39, 0.29) is 41.0 Å². The van der Waals surface area contributed by atoms with E-state index in [4.69, 9.17) is 4.74 Å². The Morgan fingerprint density at radius 1 is 0.923 bits per heavy atom. The van der Waals surface area contributed by atoms with E-state index in [0.29, 0.717) is 12.1 Å². The molecule has 0 aliphatic carbocycles. The molecule has 204 valence electrons. The van der Waals surface area contributed by atoms with Crippen molar-refractivity contribution < 1.29 is 50.2 Å². The van der Waals surface area contributed by atoms with E-state index in [1.165, 1.54) is 36.4 Å². The van der Waals surface area contributed by atoms with Crippen molar-refractivity contribution in [3.8, 4) is 11.1 Å². The van der Waals surface area contributed by atoms with Crippen LogP contribution in [-0.2, 0) is 28.4 Å². The highest BCUT2D eigenvalue weighted by Crippen LogP contribution is 2.48. The van der Waals surface area contributed by atoms with E-state index in [1.54, 1.807) is 0 Å². The Labute approximate surface area is 216 Å². The average molecular weight is 553 g/mol. The van der Waals surface area contributed by atoms with Crippen molar-refractivity contribution in [3.05, 3.63) is 94.3 Å². The average Bonchev–Trinajstić information content (AvgIpc) is 2.82. The Balaban J connectivity index is 1.60. The second kappa shape index (κ2) is 9.08. The van der Waals surface area contributed by atoms with E-state index < -0.39 is 59.2 Å². The molecule has 1 saturated heterocycles. The second-order valence-electron chi connectivity index (χ2n) is 9.42. The molecule has 39 heavy (non-hydrogen) atoms. The molecule has 1 spiro atoms. The SMILES string of the molecule is O=C(O)C1c2cc(-c3ccccc3C(F)(F)F)ccc2C(=O)N(Cc2ccc(C(F)(F)F)c(F)c2)C12COC2. The first kappa shape index (κ1) is 26.7. The minimum atomic E-state index is -4.93. The minimum absolute atomic E-state index is 0.0107. The Bertz CT molecular complexity index is 1480. The lowest BCUT2D eigenvalue weighted by atomic mass is 9.70. The molecule has 1 amide bonds. The fourth-order valence-electron chi connectivity index (χ4n) is 5.23. The molecule has 0 saturated carbocycles. The lowest BCUT2D eigenvalue weighted by Crippen LogP contribution is -2.70. The van der Waals surface area contributed by atoms with Crippen LogP contribution in [0.2, 0.25) is 0 Å². The minimum Gasteiger partial charge on any atom is -0.481 e. The zero-order chi connectivity index (χ0) is 28.3. The van der Waals surface area contributed by atoms with Gasteiger partial charge in [0.1, 0.15) is 17.3 Å². The number of carboxylic acids is 1. The van der Waals surface area contributed by atoms with Gasteiger partial charge >= 0.3 is 18.3 Å². The molecule has 0 bridgehead atoms. The number of hydrogen-bond acceptors (Lipinski definition) is 3. The van der Waals surface area contributed by atoms with Crippen LogP contribution in [0.5, 0.6) is 0 Å². The normalized spacial score (nSPS) is 18.6. The van der Waals surface area contributed by atoms with Crippen LogP contribution in [0.1, 0.15) is 38.5 Å². The topological polar surface area (TPSA) is 66.8 Å². The van der Waals surface area contributed by atoms with Crippen LogP contribution < -0.4 is 0 Å². The van der Waals surface area contributed by atoms with E-state index in [0.717, 1.165) is 17.0 Å². The van der Waals surface area contributed by atoms with Gasteiger partial charge in [-0.2, -0.15) is 26.3 Å². The number of alkyl halides is 6. The maximum atomic E-state index is 14.2. The predicted molar refractivity (Wildman–Crippen MR) is 122 cm³/mol. The molecule has 3 aromatic carbocycles.